The molecule has 0 bridgehead atoms. The fourth-order valence-corrected chi connectivity index (χ4v) is 7.35. The van der Waals surface area contributed by atoms with Crippen LogP contribution in [0.25, 0.3) is 6.08 Å². The summed E-state index contributed by atoms with van der Waals surface area (Å²) in [6.45, 7) is 1.94. The van der Waals surface area contributed by atoms with Crippen LogP contribution in [0.4, 0.5) is 5.82 Å². The number of ether oxygens (including phenoxy) is 3. The lowest BCUT2D eigenvalue weighted by molar-refractivity contribution is 0.323. The summed E-state index contributed by atoms with van der Waals surface area (Å²) in [6.07, 6.45) is 6.26. The third kappa shape index (κ3) is 4.54. The minimum atomic E-state index is -3.80. The van der Waals surface area contributed by atoms with E-state index < -0.39 is 15.4 Å². The number of nitrogens with one attached hydrogen (secondary N) is 1. The number of rotatable bonds is 9. The molecule has 1 heterocycles. The van der Waals surface area contributed by atoms with Crippen molar-refractivity contribution in [2.45, 2.75) is 42.5 Å². The summed E-state index contributed by atoms with van der Waals surface area (Å²) in [5.41, 5.74) is 4.05. The first-order valence-corrected chi connectivity index (χ1v) is 15.0. The molecule has 0 saturated heterocycles. The molecule has 0 aliphatic heterocycles. The summed E-state index contributed by atoms with van der Waals surface area (Å²) in [5, 5.41) is 7.82. The normalized spacial score (nSPS) is 18.0. The highest BCUT2D eigenvalue weighted by Gasteiger charge is 2.43. The zero-order valence-corrected chi connectivity index (χ0v) is 24.4. The molecule has 3 aromatic carbocycles. The fourth-order valence-electron chi connectivity index (χ4n) is 5.67. The zero-order valence-electron chi connectivity index (χ0n) is 23.5. The predicted molar refractivity (Wildman–Crippen MR) is 159 cm³/mol. The Balaban J connectivity index is 1.48. The van der Waals surface area contributed by atoms with Gasteiger partial charge in [0.1, 0.15) is 0 Å². The minimum Gasteiger partial charge on any atom is -0.493 e. The Hall–Kier alpha value is -4.24. The van der Waals surface area contributed by atoms with Crippen LogP contribution in [0.1, 0.15) is 40.8 Å². The fraction of sp³-hybridized carbons (Fsp3) is 0.281. The summed E-state index contributed by atoms with van der Waals surface area (Å²) < 4.78 is 46.3. The molecule has 0 radical (unpaired) electrons. The van der Waals surface area contributed by atoms with E-state index in [4.69, 9.17) is 14.2 Å². The summed E-state index contributed by atoms with van der Waals surface area (Å²) >= 11 is 0. The Morgan fingerprint density at radius 2 is 1.56 bits per heavy atom. The molecule has 9 heteroatoms. The van der Waals surface area contributed by atoms with E-state index in [0.29, 0.717) is 29.5 Å². The van der Waals surface area contributed by atoms with Crippen molar-refractivity contribution < 1.29 is 22.6 Å². The molecule has 8 nitrogen and oxygen atoms in total. The van der Waals surface area contributed by atoms with Crippen molar-refractivity contribution in [1.29, 1.82) is 0 Å². The van der Waals surface area contributed by atoms with Crippen LogP contribution < -0.4 is 18.5 Å². The Morgan fingerprint density at radius 1 is 0.902 bits per heavy atom. The second-order valence-corrected chi connectivity index (χ2v) is 12.4. The summed E-state index contributed by atoms with van der Waals surface area (Å²) in [5.74, 6) is 2.08. The first-order valence-electron chi connectivity index (χ1n) is 13.6. The van der Waals surface area contributed by atoms with E-state index in [1.54, 1.807) is 33.5 Å². The standard InChI is InChI=1S/C32H33N3O5S/c1-21-10-14-25(15-11-21)41(36,37)35(24-12-13-24)31-26-16-17-32(20-27(26)33-34-31,22-8-6-5-7-9-22)23-18-28(38-2)30(40-4)29(19-23)39-3/h5-11,14-19,24H,12-13,20H2,1-4H3,(H,33,34). The van der Waals surface area contributed by atoms with Crippen molar-refractivity contribution in [3.8, 4) is 17.2 Å². The number of allylic oxidation sites excluding steroid dienone is 1. The van der Waals surface area contributed by atoms with Gasteiger partial charge in [0.2, 0.25) is 5.75 Å². The van der Waals surface area contributed by atoms with Crippen molar-refractivity contribution in [2.75, 3.05) is 25.6 Å². The van der Waals surface area contributed by atoms with E-state index in [1.807, 2.05) is 55.5 Å². The van der Waals surface area contributed by atoms with E-state index >= 15 is 0 Å². The van der Waals surface area contributed by atoms with Gasteiger partial charge in [-0.1, -0.05) is 60.2 Å². The maximum Gasteiger partial charge on any atom is 0.265 e. The number of anilines is 1. The van der Waals surface area contributed by atoms with Gasteiger partial charge in [0, 0.05) is 29.1 Å². The molecule has 1 atom stereocenters. The zero-order chi connectivity index (χ0) is 28.8. The Morgan fingerprint density at radius 3 is 2.15 bits per heavy atom. The lowest BCUT2D eigenvalue weighted by atomic mass is 9.68. The highest BCUT2D eigenvalue weighted by molar-refractivity contribution is 7.92. The van der Waals surface area contributed by atoms with Crippen LogP contribution in [-0.2, 0) is 21.9 Å². The van der Waals surface area contributed by atoms with Gasteiger partial charge in [-0.15, -0.1) is 0 Å². The molecule has 41 heavy (non-hydrogen) atoms. The van der Waals surface area contributed by atoms with Crippen molar-refractivity contribution in [1.82, 2.24) is 10.2 Å². The molecule has 0 spiro atoms. The van der Waals surface area contributed by atoms with Crippen LogP contribution in [-0.4, -0.2) is 46.0 Å². The molecule has 212 valence electrons. The molecular formula is C32H33N3O5S. The third-order valence-corrected chi connectivity index (χ3v) is 9.84. The van der Waals surface area contributed by atoms with Gasteiger partial charge in [0.15, 0.2) is 17.3 Å². The number of aryl methyl sites for hydroxylation is 1. The second kappa shape index (κ2) is 10.3. The van der Waals surface area contributed by atoms with Gasteiger partial charge >= 0.3 is 0 Å². The SMILES string of the molecule is COc1cc(C2(c3ccccc3)C=Cc3c(N(C4CC4)S(=O)(=O)c4ccc(C)cc4)n[nH]c3C2)cc(OC)c1OC. The minimum absolute atomic E-state index is 0.113. The predicted octanol–water partition coefficient (Wildman–Crippen LogP) is 5.66. The van der Waals surface area contributed by atoms with Crippen LogP contribution in [0.3, 0.4) is 0 Å². The largest absolute Gasteiger partial charge is 0.493 e. The number of H-pyrrole nitrogens is 1. The smallest absolute Gasteiger partial charge is 0.265 e. The van der Waals surface area contributed by atoms with E-state index in [2.05, 4.69) is 28.4 Å². The molecule has 2 aliphatic rings. The van der Waals surface area contributed by atoms with Gasteiger partial charge in [0.25, 0.3) is 10.0 Å². The molecule has 1 aromatic heterocycles. The van der Waals surface area contributed by atoms with Gasteiger partial charge in [-0.05, 0) is 55.2 Å². The molecule has 1 saturated carbocycles. The maximum atomic E-state index is 13.9. The van der Waals surface area contributed by atoms with E-state index in [1.165, 1.54) is 4.31 Å². The highest BCUT2D eigenvalue weighted by atomic mass is 32.2. The van der Waals surface area contributed by atoms with E-state index in [9.17, 15) is 8.42 Å². The van der Waals surface area contributed by atoms with Crippen molar-refractivity contribution in [3.63, 3.8) is 0 Å². The van der Waals surface area contributed by atoms with Gasteiger partial charge in [-0.2, -0.15) is 5.10 Å². The molecule has 6 rings (SSSR count). The highest BCUT2D eigenvalue weighted by Crippen LogP contribution is 2.49. The third-order valence-electron chi connectivity index (χ3n) is 7.99. The quantitative estimate of drug-likeness (QED) is 0.279. The average molecular weight is 572 g/mol. The number of hydrogen-bond donors (Lipinski definition) is 1. The van der Waals surface area contributed by atoms with E-state index in [0.717, 1.165) is 40.8 Å². The molecule has 0 amide bonds. The van der Waals surface area contributed by atoms with Crippen LogP contribution in [0, 0.1) is 6.92 Å². The number of fused-ring (bicyclic) bond motifs is 1. The maximum absolute atomic E-state index is 13.9. The lowest BCUT2D eigenvalue weighted by Gasteiger charge is -2.35. The molecule has 1 unspecified atom stereocenters. The Kier molecular flexibility index (Phi) is 6.77. The van der Waals surface area contributed by atoms with E-state index in [-0.39, 0.29) is 10.9 Å². The topological polar surface area (TPSA) is 93.8 Å². The summed E-state index contributed by atoms with van der Waals surface area (Å²) in [4.78, 5) is 0.266. The van der Waals surface area contributed by atoms with Crippen molar-refractivity contribution in [3.05, 3.63) is 101 Å². The number of benzene rings is 3. The van der Waals surface area contributed by atoms with Crippen LogP contribution in [0.5, 0.6) is 17.2 Å². The van der Waals surface area contributed by atoms with Crippen molar-refractivity contribution in [2.24, 2.45) is 0 Å². The molecule has 1 N–H and O–H groups in total. The van der Waals surface area contributed by atoms with Gasteiger partial charge in [-0.25, -0.2) is 12.7 Å². The Bertz CT molecular complexity index is 1680. The van der Waals surface area contributed by atoms with Gasteiger partial charge in [0.05, 0.1) is 26.2 Å². The number of nitrogens with zero attached hydrogens (tertiary/aromatic N) is 2. The summed E-state index contributed by atoms with van der Waals surface area (Å²) in [7, 11) is 0.994. The van der Waals surface area contributed by atoms with Crippen LogP contribution in [0.15, 0.2) is 77.7 Å². The second-order valence-electron chi connectivity index (χ2n) is 10.5. The van der Waals surface area contributed by atoms with Crippen LogP contribution in [0.2, 0.25) is 0 Å². The number of sulfonamides is 1. The monoisotopic (exact) mass is 571 g/mol. The van der Waals surface area contributed by atoms with Crippen molar-refractivity contribution >= 4 is 21.9 Å². The van der Waals surface area contributed by atoms with Gasteiger partial charge in [-0.3, -0.25) is 5.10 Å². The molecule has 2 aliphatic carbocycles. The molecule has 4 aromatic rings. The number of aromatic nitrogens is 2. The number of aromatic amines is 1. The number of methoxy groups -OCH3 is 3. The average Bonchev–Trinajstić information content (AvgIpc) is 3.75. The first-order chi connectivity index (χ1) is 19.8. The number of hydrogen-bond acceptors (Lipinski definition) is 6. The lowest BCUT2D eigenvalue weighted by Crippen LogP contribution is -2.34. The molecule has 1 fully saturated rings. The molecular weight excluding hydrogens is 538 g/mol. The first kappa shape index (κ1) is 27.0. The Labute approximate surface area is 240 Å². The summed E-state index contributed by atoms with van der Waals surface area (Å²) in [6, 6.07) is 21.0. The van der Waals surface area contributed by atoms with Crippen LogP contribution >= 0.6 is 0 Å². The van der Waals surface area contributed by atoms with Gasteiger partial charge < -0.3 is 14.2 Å².